The number of nitrogens with one attached hydrogen (secondary N) is 2. The number of nitrogens with zero attached hydrogens (tertiary/aromatic N) is 1. The molecule has 1 aliphatic heterocycles. The maximum absolute atomic E-state index is 13.9. The van der Waals surface area contributed by atoms with E-state index in [1.165, 1.54) is 0 Å². The van der Waals surface area contributed by atoms with Crippen LogP contribution < -0.4 is 10.6 Å². The first-order chi connectivity index (χ1) is 15.9. The number of rotatable bonds is 9. The maximum Gasteiger partial charge on any atom is 0.305 e. The summed E-state index contributed by atoms with van der Waals surface area (Å²) in [6.45, 7) is 5.53. The van der Waals surface area contributed by atoms with Gasteiger partial charge in [0.1, 0.15) is 18.6 Å². The van der Waals surface area contributed by atoms with Gasteiger partial charge in [-0.15, -0.1) is 0 Å². The highest BCUT2D eigenvalue weighted by atomic mass is 35.5. The lowest BCUT2D eigenvalue weighted by atomic mass is 9.84. The predicted molar refractivity (Wildman–Crippen MR) is 125 cm³/mol. The Morgan fingerprint density at radius 3 is 2.50 bits per heavy atom. The molecule has 2 amide bonds. The van der Waals surface area contributed by atoms with E-state index in [1.54, 1.807) is 29.2 Å². The molecule has 2 aliphatic rings. The van der Waals surface area contributed by atoms with Gasteiger partial charge in [-0.05, 0) is 42.7 Å². The van der Waals surface area contributed by atoms with Crippen LogP contribution in [0.4, 0.5) is 0 Å². The average Bonchev–Trinajstić information content (AvgIpc) is 3.37. The van der Waals surface area contributed by atoms with Crippen molar-refractivity contribution < 1.29 is 29.4 Å². The Morgan fingerprint density at radius 1 is 1.24 bits per heavy atom. The quantitative estimate of drug-likeness (QED) is 0.304. The van der Waals surface area contributed by atoms with Gasteiger partial charge in [-0.2, -0.15) is 0 Å². The highest BCUT2D eigenvalue weighted by Gasteiger charge is 2.53. The summed E-state index contributed by atoms with van der Waals surface area (Å²) in [6.07, 6.45) is 0.978. The Kier molecular flexibility index (Phi) is 8.00. The number of aliphatic hydroxyl groups is 1. The van der Waals surface area contributed by atoms with Crippen molar-refractivity contribution in [1.82, 2.24) is 15.5 Å². The number of amides is 2. The summed E-state index contributed by atoms with van der Waals surface area (Å²) in [5.74, 6) is -1.96. The zero-order valence-electron chi connectivity index (χ0n) is 19.5. The highest BCUT2D eigenvalue weighted by molar-refractivity contribution is 6.33. The third kappa shape index (κ3) is 5.59. The van der Waals surface area contributed by atoms with Crippen LogP contribution in [0, 0.1) is 11.3 Å². The number of carboxylic acid groups (broad SMARTS) is 1. The number of halogens is 1. The molecule has 1 heterocycles. The van der Waals surface area contributed by atoms with Crippen molar-refractivity contribution in [3.63, 3.8) is 0 Å². The molecule has 4 N–H and O–H groups in total. The molecule has 5 unspecified atom stereocenters. The molecule has 0 spiro atoms. The maximum atomic E-state index is 13.9. The van der Waals surface area contributed by atoms with Crippen molar-refractivity contribution >= 4 is 35.7 Å². The van der Waals surface area contributed by atoms with Gasteiger partial charge in [0, 0.05) is 6.04 Å². The first kappa shape index (κ1) is 26.1. The summed E-state index contributed by atoms with van der Waals surface area (Å²) < 4.78 is 0. The molecule has 10 heteroatoms. The molecule has 186 valence electrons. The van der Waals surface area contributed by atoms with E-state index in [9.17, 15) is 24.3 Å². The zero-order chi connectivity index (χ0) is 25.2. The summed E-state index contributed by atoms with van der Waals surface area (Å²) in [5, 5.41) is 25.7. The van der Waals surface area contributed by atoms with Gasteiger partial charge in [-0.3, -0.25) is 19.7 Å². The fourth-order valence-electron chi connectivity index (χ4n) is 5.07. The number of piperidine rings is 1. The van der Waals surface area contributed by atoms with Crippen LogP contribution in [0.25, 0.3) is 0 Å². The van der Waals surface area contributed by atoms with E-state index in [1.807, 2.05) is 20.8 Å². The minimum atomic E-state index is -1.28. The van der Waals surface area contributed by atoms with Crippen LogP contribution in [0.5, 0.6) is 0 Å². The van der Waals surface area contributed by atoms with Crippen molar-refractivity contribution in [3.8, 4) is 0 Å². The first-order valence-electron chi connectivity index (χ1n) is 11.4. The van der Waals surface area contributed by atoms with Crippen LogP contribution >= 0.6 is 11.6 Å². The summed E-state index contributed by atoms with van der Waals surface area (Å²) >= 11 is 6.17. The second-order valence-electron chi connectivity index (χ2n) is 10.2. The smallest absolute Gasteiger partial charge is 0.305 e. The van der Waals surface area contributed by atoms with Crippen molar-refractivity contribution in [2.75, 3.05) is 0 Å². The lowest BCUT2D eigenvalue weighted by molar-refractivity contribution is -0.145. The second-order valence-corrected chi connectivity index (χ2v) is 10.6. The van der Waals surface area contributed by atoms with Gasteiger partial charge in [-0.25, -0.2) is 0 Å². The number of aliphatic carboxylic acids is 1. The van der Waals surface area contributed by atoms with E-state index in [4.69, 9.17) is 16.7 Å². The zero-order valence-corrected chi connectivity index (χ0v) is 20.3. The van der Waals surface area contributed by atoms with Crippen molar-refractivity contribution in [3.05, 3.63) is 34.9 Å². The van der Waals surface area contributed by atoms with Crippen LogP contribution in [0.2, 0.25) is 5.02 Å². The number of carbonyl (C=O) groups is 4. The minimum absolute atomic E-state index is 0.00784. The third-order valence-electron chi connectivity index (χ3n) is 6.67. The second kappa shape index (κ2) is 10.4. The van der Waals surface area contributed by atoms with Crippen molar-refractivity contribution in [2.45, 2.75) is 76.8 Å². The van der Waals surface area contributed by atoms with Crippen molar-refractivity contribution in [2.24, 2.45) is 11.3 Å². The molecule has 2 bridgehead atoms. The molecular weight excluding hydrogens is 462 g/mol. The Balaban J connectivity index is 1.84. The molecular formula is C24H32ClN3O6. The SMILES string of the molecule is CC(C)(C)C(NC(=O)c1ccccc1Cl)C(=O)N1C2CCC(C2)C1[C@H](O)NC(C=O)CC(=O)O. The van der Waals surface area contributed by atoms with Gasteiger partial charge in [0.2, 0.25) is 5.91 Å². The number of carboxylic acids is 1. The number of carbonyl (C=O) groups excluding carboxylic acids is 3. The number of likely N-dealkylation sites (tertiary alicyclic amines) is 1. The van der Waals surface area contributed by atoms with E-state index in [-0.39, 0.29) is 28.5 Å². The molecule has 34 heavy (non-hydrogen) atoms. The number of benzene rings is 1. The molecule has 6 atom stereocenters. The third-order valence-corrected chi connectivity index (χ3v) is 7.00. The Morgan fingerprint density at radius 2 is 1.91 bits per heavy atom. The van der Waals surface area contributed by atoms with Gasteiger partial charge in [0.25, 0.3) is 5.91 Å². The summed E-state index contributed by atoms with van der Waals surface area (Å²) in [5.41, 5.74) is -0.386. The van der Waals surface area contributed by atoms with Crippen LogP contribution in [-0.2, 0) is 14.4 Å². The normalized spacial score (nSPS) is 24.4. The topological polar surface area (TPSA) is 136 Å². The average molecular weight is 494 g/mol. The van der Waals surface area contributed by atoms with Gasteiger partial charge < -0.3 is 25.2 Å². The lowest BCUT2D eigenvalue weighted by Crippen LogP contribution is -2.63. The first-order valence-corrected chi connectivity index (χ1v) is 11.8. The molecule has 0 radical (unpaired) electrons. The summed E-state index contributed by atoms with van der Waals surface area (Å²) in [4.78, 5) is 50.8. The van der Waals surface area contributed by atoms with E-state index in [0.29, 0.717) is 12.7 Å². The van der Waals surface area contributed by atoms with E-state index < -0.39 is 48.1 Å². The van der Waals surface area contributed by atoms with Crippen LogP contribution in [0.15, 0.2) is 24.3 Å². The lowest BCUT2D eigenvalue weighted by Gasteiger charge is -2.42. The standard InChI is InChI=1S/C24H32ClN3O6/c1-24(2,3)20(27-21(32)16-6-4-5-7-17(16)25)23(34)28-15-9-8-13(10-15)19(28)22(33)26-14(12-29)11-18(30)31/h4-7,12-15,19-20,22,26,33H,8-11H2,1-3H3,(H,27,32)(H,30,31)/t13?,14?,15?,19?,20?,22-/m0/s1. The molecule has 9 nitrogen and oxygen atoms in total. The molecule has 1 aromatic carbocycles. The predicted octanol–water partition coefficient (Wildman–Crippen LogP) is 1.81. The number of fused-ring (bicyclic) bond motifs is 2. The fourth-order valence-corrected chi connectivity index (χ4v) is 5.29. The number of hydrogen-bond donors (Lipinski definition) is 4. The largest absolute Gasteiger partial charge is 0.481 e. The fraction of sp³-hybridized carbons (Fsp3) is 0.583. The van der Waals surface area contributed by atoms with Gasteiger partial charge in [-0.1, -0.05) is 44.5 Å². The Labute approximate surface area is 203 Å². The summed E-state index contributed by atoms with van der Waals surface area (Å²) in [7, 11) is 0. The Bertz CT molecular complexity index is 949. The van der Waals surface area contributed by atoms with E-state index in [0.717, 1.165) is 12.8 Å². The molecule has 1 saturated heterocycles. The summed E-state index contributed by atoms with van der Waals surface area (Å²) in [6, 6.07) is 3.86. The van der Waals surface area contributed by atoms with Gasteiger partial charge in [0.05, 0.1) is 29.1 Å². The van der Waals surface area contributed by atoms with Crippen LogP contribution in [0.1, 0.15) is 56.8 Å². The Hall–Kier alpha value is -2.49. The molecule has 1 aromatic rings. The monoisotopic (exact) mass is 493 g/mol. The number of hydrogen-bond acceptors (Lipinski definition) is 6. The molecule has 1 aliphatic carbocycles. The minimum Gasteiger partial charge on any atom is -0.481 e. The molecule has 2 fully saturated rings. The van der Waals surface area contributed by atoms with Crippen LogP contribution in [0.3, 0.4) is 0 Å². The van der Waals surface area contributed by atoms with Crippen LogP contribution in [-0.4, -0.2) is 69.6 Å². The highest BCUT2D eigenvalue weighted by Crippen LogP contribution is 2.44. The van der Waals surface area contributed by atoms with E-state index in [2.05, 4.69) is 10.6 Å². The van der Waals surface area contributed by atoms with Crippen molar-refractivity contribution in [1.29, 1.82) is 0 Å². The molecule has 0 aromatic heterocycles. The van der Waals surface area contributed by atoms with Gasteiger partial charge >= 0.3 is 5.97 Å². The number of aldehydes is 1. The molecule has 1 saturated carbocycles. The molecule has 3 rings (SSSR count). The van der Waals surface area contributed by atoms with E-state index >= 15 is 0 Å². The van der Waals surface area contributed by atoms with Gasteiger partial charge in [0.15, 0.2) is 0 Å². The number of aliphatic hydroxyl groups excluding tert-OH is 1.